The van der Waals surface area contributed by atoms with Crippen LogP contribution < -0.4 is 15.5 Å². The molecule has 1 saturated heterocycles. The summed E-state index contributed by atoms with van der Waals surface area (Å²) in [7, 11) is 1.80. The van der Waals surface area contributed by atoms with Crippen molar-refractivity contribution in [2.24, 2.45) is 4.99 Å². The topological polar surface area (TPSA) is 77.6 Å². The zero-order valence-corrected chi connectivity index (χ0v) is 20.4. The lowest BCUT2D eigenvalue weighted by molar-refractivity contribution is 0.0529. The number of ether oxygens (including phenoxy) is 1. The van der Waals surface area contributed by atoms with Gasteiger partial charge >= 0.3 is 0 Å². The highest BCUT2D eigenvalue weighted by molar-refractivity contribution is 14.0. The maximum atomic E-state index is 5.63. The number of nitrogens with one attached hydrogen (secondary N) is 3. The summed E-state index contributed by atoms with van der Waals surface area (Å²) in [5.41, 5.74) is 3.67. The fraction of sp³-hybridized carbons (Fsp3) is 0.391. The summed E-state index contributed by atoms with van der Waals surface area (Å²) in [6, 6.07) is 12.6. The largest absolute Gasteiger partial charge is 0.375 e. The van der Waals surface area contributed by atoms with Crippen LogP contribution in [0.5, 0.6) is 0 Å². The highest BCUT2D eigenvalue weighted by Gasteiger charge is 2.18. The normalized spacial score (nSPS) is 16.8. The molecule has 31 heavy (non-hydrogen) atoms. The summed E-state index contributed by atoms with van der Waals surface area (Å²) in [5.74, 6) is 1.81. The summed E-state index contributed by atoms with van der Waals surface area (Å²) in [6.07, 6.45) is 5.13. The Kier molecular flexibility index (Phi) is 8.53. The second-order valence-electron chi connectivity index (χ2n) is 7.61. The van der Waals surface area contributed by atoms with Crippen molar-refractivity contribution in [1.29, 1.82) is 0 Å². The van der Waals surface area contributed by atoms with E-state index < -0.39 is 0 Å². The quantitative estimate of drug-likeness (QED) is 0.257. The van der Waals surface area contributed by atoms with Gasteiger partial charge in [-0.25, -0.2) is 4.98 Å². The van der Waals surface area contributed by atoms with Gasteiger partial charge in [0.2, 0.25) is 0 Å². The van der Waals surface area contributed by atoms with Crippen molar-refractivity contribution in [1.82, 2.24) is 20.6 Å². The predicted molar refractivity (Wildman–Crippen MR) is 137 cm³/mol. The van der Waals surface area contributed by atoms with Gasteiger partial charge in [-0.05, 0) is 42.7 Å². The number of hydrogen-bond acceptors (Lipinski definition) is 4. The molecule has 4 rings (SSSR count). The molecule has 166 valence electrons. The Bertz CT molecular complexity index is 1000. The minimum absolute atomic E-state index is 0. The molecule has 1 aliphatic heterocycles. The van der Waals surface area contributed by atoms with E-state index in [2.05, 4.69) is 73.9 Å². The van der Waals surface area contributed by atoms with Gasteiger partial charge in [0.25, 0.3) is 0 Å². The Hall–Kier alpha value is -2.33. The molecule has 0 saturated carbocycles. The van der Waals surface area contributed by atoms with Gasteiger partial charge in [-0.3, -0.25) is 4.99 Å². The first-order valence-electron chi connectivity index (χ1n) is 10.5. The van der Waals surface area contributed by atoms with E-state index in [1.54, 1.807) is 7.05 Å². The number of pyridine rings is 1. The van der Waals surface area contributed by atoms with Crippen LogP contribution in [-0.2, 0) is 17.7 Å². The van der Waals surface area contributed by atoms with Gasteiger partial charge in [-0.1, -0.05) is 18.2 Å². The fourth-order valence-electron chi connectivity index (χ4n) is 3.83. The van der Waals surface area contributed by atoms with E-state index in [0.717, 1.165) is 44.4 Å². The zero-order chi connectivity index (χ0) is 20.8. The number of hydrogen-bond donors (Lipinski definition) is 3. The van der Waals surface area contributed by atoms with E-state index in [1.807, 2.05) is 12.3 Å². The molecule has 7 nitrogen and oxygen atoms in total. The molecule has 1 atom stereocenters. The Morgan fingerprint density at radius 3 is 3.00 bits per heavy atom. The number of aromatic amines is 1. The van der Waals surface area contributed by atoms with Gasteiger partial charge in [0.05, 0.1) is 12.7 Å². The van der Waals surface area contributed by atoms with E-state index in [-0.39, 0.29) is 30.1 Å². The summed E-state index contributed by atoms with van der Waals surface area (Å²) in [4.78, 5) is 14.5. The number of morpholine rings is 1. The van der Waals surface area contributed by atoms with Crippen LogP contribution >= 0.6 is 24.0 Å². The molecular formula is C23H31IN6O. The van der Waals surface area contributed by atoms with Gasteiger partial charge in [-0.15, -0.1) is 24.0 Å². The number of rotatable bonds is 6. The fourth-order valence-corrected chi connectivity index (χ4v) is 3.83. The number of aromatic nitrogens is 2. The van der Waals surface area contributed by atoms with E-state index in [0.29, 0.717) is 6.54 Å². The van der Waals surface area contributed by atoms with Crippen LogP contribution in [0, 0.1) is 0 Å². The van der Waals surface area contributed by atoms with E-state index >= 15 is 0 Å². The number of anilines is 1. The standard InChI is InChI=1S/C23H30N6O.HI/c1-17-16-29(11-12-30-17)22-13-18(7-9-25-22)14-28-23(24-2)26-10-8-19-15-27-21-6-4-3-5-20(19)21;/h3-7,9,13,15,17,27H,8,10-12,14,16H2,1-2H3,(H2,24,26,28);1H. The maximum absolute atomic E-state index is 5.63. The van der Waals surface area contributed by atoms with Crippen LogP contribution in [-0.4, -0.2) is 55.3 Å². The summed E-state index contributed by atoms with van der Waals surface area (Å²) in [5, 5.41) is 8.09. The molecule has 3 heterocycles. The number of para-hydroxylation sites is 1. The highest BCUT2D eigenvalue weighted by atomic mass is 127. The Morgan fingerprint density at radius 1 is 1.29 bits per heavy atom. The van der Waals surface area contributed by atoms with Crippen molar-refractivity contribution >= 4 is 46.7 Å². The number of halogens is 1. The third-order valence-corrected chi connectivity index (χ3v) is 5.42. The first-order valence-corrected chi connectivity index (χ1v) is 10.5. The Labute approximate surface area is 200 Å². The smallest absolute Gasteiger partial charge is 0.191 e. The lowest BCUT2D eigenvalue weighted by Gasteiger charge is -2.32. The monoisotopic (exact) mass is 534 g/mol. The van der Waals surface area contributed by atoms with Crippen molar-refractivity contribution in [2.75, 3.05) is 38.2 Å². The molecule has 0 bridgehead atoms. The van der Waals surface area contributed by atoms with Crippen LogP contribution in [0.4, 0.5) is 5.82 Å². The molecule has 1 aliphatic rings. The van der Waals surface area contributed by atoms with Crippen LogP contribution in [0.25, 0.3) is 10.9 Å². The second-order valence-corrected chi connectivity index (χ2v) is 7.61. The van der Waals surface area contributed by atoms with Crippen molar-refractivity contribution in [3.05, 3.63) is 59.9 Å². The number of nitrogens with zero attached hydrogens (tertiary/aromatic N) is 3. The van der Waals surface area contributed by atoms with Crippen LogP contribution in [0.15, 0.2) is 53.8 Å². The van der Waals surface area contributed by atoms with Crippen LogP contribution in [0.2, 0.25) is 0 Å². The molecule has 0 amide bonds. The van der Waals surface area contributed by atoms with Crippen LogP contribution in [0.1, 0.15) is 18.1 Å². The molecule has 0 aliphatic carbocycles. The molecule has 8 heteroatoms. The summed E-state index contributed by atoms with van der Waals surface area (Å²) < 4.78 is 5.63. The number of benzene rings is 1. The SMILES string of the molecule is CN=C(NCCc1c[nH]c2ccccc12)NCc1ccnc(N2CCOC(C)C2)c1.I. The number of guanidine groups is 1. The van der Waals surface area contributed by atoms with Crippen molar-refractivity contribution < 1.29 is 4.74 Å². The summed E-state index contributed by atoms with van der Waals surface area (Å²) >= 11 is 0. The van der Waals surface area contributed by atoms with Gasteiger partial charge in [0.15, 0.2) is 5.96 Å². The average molecular weight is 534 g/mol. The minimum Gasteiger partial charge on any atom is -0.375 e. The molecular weight excluding hydrogens is 503 g/mol. The van der Waals surface area contributed by atoms with Crippen molar-refractivity contribution in [3.8, 4) is 0 Å². The molecule has 2 aromatic heterocycles. The molecule has 3 N–H and O–H groups in total. The lowest BCUT2D eigenvalue weighted by Crippen LogP contribution is -2.41. The third-order valence-electron chi connectivity index (χ3n) is 5.42. The number of H-pyrrole nitrogens is 1. The first-order chi connectivity index (χ1) is 14.7. The average Bonchev–Trinajstić information content (AvgIpc) is 3.19. The van der Waals surface area contributed by atoms with Crippen molar-refractivity contribution in [2.45, 2.75) is 26.0 Å². The number of fused-ring (bicyclic) bond motifs is 1. The molecule has 1 unspecified atom stereocenters. The summed E-state index contributed by atoms with van der Waals surface area (Å²) in [6.45, 7) is 6.12. The molecule has 3 aromatic rings. The van der Waals surface area contributed by atoms with Gasteiger partial charge in [0, 0.05) is 56.5 Å². The third kappa shape index (κ3) is 6.10. The van der Waals surface area contributed by atoms with Gasteiger partial charge in [-0.2, -0.15) is 0 Å². The number of aliphatic imine (C=N–C) groups is 1. The van der Waals surface area contributed by atoms with E-state index in [1.165, 1.54) is 22.0 Å². The van der Waals surface area contributed by atoms with E-state index in [9.17, 15) is 0 Å². The molecule has 0 spiro atoms. The van der Waals surface area contributed by atoms with Crippen LogP contribution in [0.3, 0.4) is 0 Å². The Morgan fingerprint density at radius 2 is 2.16 bits per heavy atom. The van der Waals surface area contributed by atoms with Crippen molar-refractivity contribution in [3.63, 3.8) is 0 Å². The first kappa shape index (κ1) is 23.3. The van der Waals surface area contributed by atoms with Gasteiger partial charge in [0.1, 0.15) is 5.82 Å². The maximum Gasteiger partial charge on any atom is 0.191 e. The highest BCUT2D eigenvalue weighted by Crippen LogP contribution is 2.18. The Balaban J connectivity index is 0.00000272. The molecule has 1 aromatic carbocycles. The molecule has 1 fully saturated rings. The predicted octanol–water partition coefficient (Wildman–Crippen LogP) is 3.31. The van der Waals surface area contributed by atoms with E-state index in [4.69, 9.17) is 4.74 Å². The molecule has 0 radical (unpaired) electrons. The lowest BCUT2D eigenvalue weighted by atomic mass is 10.1. The zero-order valence-electron chi connectivity index (χ0n) is 18.1. The minimum atomic E-state index is 0. The van der Waals surface area contributed by atoms with Gasteiger partial charge < -0.3 is 25.3 Å². The second kappa shape index (κ2) is 11.3.